The Labute approximate surface area is 170 Å². The number of carbonyl (C=O) groups is 1. The predicted molar refractivity (Wildman–Crippen MR) is 113 cm³/mol. The van der Waals surface area contributed by atoms with Crippen molar-refractivity contribution < 1.29 is 9.90 Å². The quantitative estimate of drug-likeness (QED) is 0.504. The van der Waals surface area contributed by atoms with E-state index in [4.69, 9.17) is 15.1 Å². The minimum absolute atomic E-state index is 0.0192. The van der Waals surface area contributed by atoms with E-state index in [9.17, 15) is 4.79 Å². The Balaban J connectivity index is 1.96. The molecule has 0 amide bonds. The van der Waals surface area contributed by atoms with Crippen molar-refractivity contribution in [2.75, 3.05) is 5.32 Å². The number of anilines is 2. The minimum atomic E-state index is -0.834. The van der Waals surface area contributed by atoms with Gasteiger partial charge in [-0.2, -0.15) is 0 Å². The normalized spacial score (nSPS) is 10.8. The van der Waals surface area contributed by atoms with E-state index in [1.54, 1.807) is 11.3 Å². The lowest BCUT2D eigenvalue weighted by molar-refractivity contribution is -0.136. The van der Waals surface area contributed by atoms with Crippen molar-refractivity contribution in [3.8, 4) is 10.7 Å². The first-order valence-electron chi connectivity index (χ1n) is 8.73. The fraction of sp³-hybridized carbons (Fsp3) is 0.250. The highest BCUT2D eigenvalue weighted by molar-refractivity contribution is 9.11. The van der Waals surface area contributed by atoms with Crippen LogP contribution in [0.1, 0.15) is 30.7 Å². The first-order chi connectivity index (χ1) is 13.0. The predicted octanol–water partition coefficient (Wildman–Crippen LogP) is 5.46. The molecule has 2 N–H and O–H groups in total. The van der Waals surface area contributed by atoms with Crippen LogP contribution >= 0.6 is 27.3 Å². The molecule has 0 saturated carbocycles. The summed E-state index contributed by atoms with van der Waals surface area (Å²) in [6.45, 7) is 4.19. The van der Waals surface area contributed by atoms with E-state index in [1.807, 2.05) is 36.4 Å². The Kier molecular flexibility index (Phi) is 6.23. The average Bonchev–Trinajstić information content (AvgIpc) is 3.08. The molecule has 0 atom stereocenters. The number of carboxylic acid groups (broad SMARTS) is 1. The highest BCUT2D eigenvalue weighted by Gasteiger charge is 2.15. The second-order valence-corrected chi connectivity index (χ2v) is 8.49. The molecule has 0 aliphatic carbocycles. The number of benzene rings is 1. The van der Waals surface area contributed by atoms with Crippen molar-refractivity contribution in [3.63, 3.8) is 0 Å². The van der Waals surface area contributed by atoms with Crippen molar-refractivity contribution in [3.05, 3.63) is 57.0 Å². The first kappa shape index (κ1) is 19.5. The fourth-order valence-corrected chi connectivity index (χ4v) is 4.18. The van der Waals surface area contributed by atoms with E-state index in [-0.39, 0.29) is 6.42 Å². The summed E-state index contributed by atoms with van der Waals surface area (Å²) in [5.74, 6) is 0.679. The highest BCUT2D eigenvalue weighted by Crippen LogP contribution is 2.32. The van der Waals surface area contributed by atoms with E-state index < -0.39 is 5.97 Å². The lowest BCUT2D eigenvalue weighted by Crippen LogP contribution is -2.07. The van der Waals surface area contributed by atoms with E-state index in [2.05, 4.69) is 35.1 Å². The molecule has 0 bridgehead atoms. The molecule has 27 heavy (non-hydrogen) atoms. The number of aryl methyl sites for hydroxylation is 1. The number of nitrogens with zero attached hydrogens (tertiary/aromatic N) is 2. The summed E-state index contributed by atoms with van der Waals surface area (Å²) >= 11 is 5.10. The number of aliphatic carboxylic acids is 1. The van der Waals surface area contributed by atoms with Crippen LogP contribution in [0.25, 0.3) is 10.7 Å². The molecular weight excluding hydrogens is 426 g/mol. The Bertz CT molecular complexity index is 954. The zero-order valence-electron chi connectivity index (χ0n) is 15.1. The Morgan fingerprint density at radius 2 is 1.85 bits per heavy atom. The van der Waals surface area contributed by atoms with Gasteiger partial charge in [0.1, 0.15) is 5.82 Å². The molecule has 7 heteroatoms. The molecular formula is C20H20BrN3O2S. The number of hydrogen-bond donors (Lipinski definition) is 2. The van der Waals surface area contributed by atoms with Crippen LogP contribution in [-0.4, -0.2) is 21.0 Å². The lowest BCUT2D eigenvalue weighted by Gasteiger charge is -2.15. The van der Waals surface area contributed by atoms with Crippen molar-refractivity contribution in [2.45, 2.75) is 33.1 Å². The Hall–Kier alpha value is -2.25. The fourth-order valence-electron chi connectivity index (χ4n) is 2.86. The molecule has 0 saturated heterocycles. The number of aromatic nitrogens is 2. The second kappa shape index (κ2) is 8.63. The van der Waals surface area contributed by atoms with Gasteiger partial charge in [-0.25, -0.2) is 9.97 Å². The highest BCUT2D eigenvalue weighted by atomic mass is 79.9. The number of hydrogen-bond acceptors (Lipinski definition) is 5. The van der Waals surface area contributed by atoms with E-state index >= 15 is 0 Å². The summed E-state index contributed by atoms with van der Waals surface area (Å²) in [6.07, 6.45) is 1.68. The van der Waals surface area contributed by atoms with Gasteiger partial charge < -0.3 is 10.4 Å². The third kappa shape index (κ3) is 4.73. The summed E-state index contributed by atoms with van der Waals surface area (Å²) < 4.78 is 1.04. The Morgan fingerprint density at radius 3 is 2.41 bits per heavy atom. The number of carboxylic acids is 1. The maximum Gasteiger partial charge on any atom is 0.307 e. The molecule has 0 aliphatic heterocycles. The van der Waals surface area contributed by atoms with E-state index in [1.165, 1.54) is 0 Å². The van der Waals surface area contributed by atoms with Gasteiger partial charge in [-0.3, -0.25) is 4.79 Å². The average molecular weight is 446 g/mol. The van der Waals surface area contributed by atoms with Crippen LogP contribution in [0.3, 0.4) is 0 Å². The van der Waals surface area contributed by atoms with Crippen LogP contribution in [0.5, 0.6) is 0 Å². The molecule has 0 aliphatic rings. The maximum absolute atomic E-state index is 10.8. The van der Waals surface area contributed by atoms with Gasteiger partial charge in [0.15, 0.2) is 5.82 Å². The molecule has 0 unspecified atom stereocenters. The molecule has 2 aromatic heterocycles. The summed E-state index contributed by atoms with van der Waals surface area (Å²) in [4.78, 5) is 21.4. The minimum Gasteiger partial charge on any atom is -0.481 e. The Morgan fingerprint density at radius 1 is 1.11 bits per heavy atom. The molecule has 2 heterocycles. The number of thiophene rings is 1. The van der Waals surface area contributed by atoms with Crippen molar-refractivity contribution in [2.24, 2.45) is 0 Å². The van der Waals surface area contributed by atoms with Crippen LogP contribution in [0.15, 0.2) is 40.2 Å². The molecule has 3 aromatic rings. The molecule has 0 radical (unpaired) electrons. The molecule has 0 spiro atoms. The summed E-state index contributed by atoms with van der Waals surface area (Å²) in [5, 5.41) is 12.3. The third-order valence-electron chi connectivity index (χ3n) is 4.15. The zero-order valence-corrected chi connectivity index (χ0v) is 17.5. The van der Waals surface area contributed by atoms with Crippen LogP contribution in [0.2, 0.25) is 0 Å². The molecule has 3 rings (SSSR count). The van der Waals surface area contributed by atoms with Crippen LogP contribution in [0.4, 0.5) is 11.5 Å². The van der Waals surface area contributed by atoms with Crippen molar-refractivity contribution >= 4 is 44.7 Å². The number of rotatable bonds is 7. The van der Waals surface area contributed by atoms with Crippen LogP contribution in [-0.2, 0) is 24.1 Å². The van der Waals surface area contributed by atoms with Gasteiger partial charge in [-0.15, -0.1) is 11.3 Å². The van der Waals surface area contributed by atoms with Gasteiger partial charge in [-0.1, -0.05) is 26.0 Å². The smallest absolute Gasteiger partial charge is 0.307 e. The first-order valence-corrected chi connectivity index (χ1v) is 10.3. The number of halogens is 1. The van der Waals surface area contributed by atoms with Crippen LogP contribution < -0.4 is 5.32 Å². The van der Waals surface area contributed by atoms with Crippen molar-refractivity contribution in [1.82, 2.24) is 9.97 Å². The third-order valence-corrected chi connectivity index (χ3v) is 5.77. The van der Waals surface area contributed by atoms with Gasteiger partial charge in [0.2, 0.25) is 0 Å². The monoisotopic (exact) mass is 445 g/mol. The van der Waals surface area contributed by atoms with Crippen molar-refractivity contribution in [1.29, 1.82) is 0 Å². The van der Waals surface area contributed by atoms with Gasteiger partial charge in [0.05, 0.1) is 15.1 Å². The molecule has 0 fully saturated rings. The molecule has 140 valence electrons. The largest absolute Gasteiger partial charge is 0.481 e. The van der Waals surface area contributed by atoms with Gasteiger partial charge in [0.25, 0.3) is 0 Å². The van der Waals surface area contributed by atoms with Gasteiger partial charge >= 0.3 is 5.97 Å². The van der Waals surface area contributed by atoms with E-state index in [0.717, 1.165) is 49.8 Å². The SMILES string of the molecule is CCc1nc(-c2ccc(Br)s2)nc(Nc2ccc(CC(=O)O)cc2)c1CC. The van der Waals surface area contributed by atoms with E-state index in [0.29, 0.717) is 5.82 Å². The number of nitrogens with one attached hydrogen (secondary N) is 1. The molecule has 5 nitrogen and oxygen atoms in total. The van der Waals surface area contributed by atoms with Gasteiger partial charge in [0, 0.05) is 16.9 Å². The second-order valence-electron chi connectivity index (χ2n) is 6.02. The lowest BCUT2D eigenvalue weighted by atomic mass is 10.1. The zero-order chi connectivity index (χ0) is 19.4. The standard InChI is InChI=1S/C20H20BrN3O2S/c1-3-14-15(4-2)23-20(16-9-10-17(21)27-16)24-19(14)22-13-7-5-12(6-8-13)11-18(25)26/h5-10H,3-4,11H2,1-2H3,(H,25,26)(H,22,23,24). The van der Waals surface area contributed by atoms with Gasteiger partial charge in [-0.05, 0) is 58.6 Å². The summed E-state index contributed by atoms with van der Waals surface area (Å²) in [5.41, 5.74) is 3.78. The summed E-state index contributed by atoms with van der Waals surface area (Å²) in [7, 11) is 0. The van der Waals surface area contributed by atoms with Crippen LogP contribution in [0, 0.1) is 0 Å². The maximum atomic E-state index is 10.8. The molecule has 1 aromatic carbocycles. The summed E-state index contributed by atoms with van der Waals surface area (Å²) in [6, 6.07) is 11.4. The topological polar surface area (TPSA) is 75.1 Å².